The first-order valence-electron chi connectivity index (χ1n) is 24.8. The molecule has 0 radical (unpaired) electrons. The van der Waals surface area contributed by atoms with E-state index >= 15 is 0 Å². The van der Waals surface area contributed by atoms with E-state index in [2.05, 4.69) is 43.5 Å². The zero-order valence-electron chi connectivity index (χ0n) is 38.0. The molecular weight excluding hydrogens is 743 g/mol. The van der Waals surface area contributed by atoms with Crippen LogP contribution in [0.5, 0.6) is 0 Å². The highest BCUT2D eigenvalue weighted by molar-refractivity contribution is 7.85. The van der Waals surface area contributed by atoms with Crippen LogP contribution in [0.15, 0.2) is 36.5 Å². The number of rotatable bonds is 45. The molecule has 0 aliphatic heterocycles. The maximum Gasteiger partial charge on any atom is 0.267 e. The van der Waals surface area contributed by atoms with Crippen LogP contribution in [-0.4, -0.2) is 53.1 Å². The van der Waals surface area contributed by atoms with Gasteiger partial charge in [-0.1, -0.05) is 230 Å². The van der Waals surface area contributed by atoms with Gasteiger partial charge in [0.15, 0.2) is 0 Å². The number of hydrogen-bond acceptors (Lipinski definition) is 5. The van der Waals surface area contributed by atoms with E-state index < -0.39 is 40.0 Å². The lowest BCUT2D eigenvalue weighted by atomic mass is 10.0. The van der Waals surface area contributed by atoms with Crippen molar-refractivity contribution < 1.29 is 28.0 Å². The average Bonchev–Trinajstić information content (AvgIpc) is 3.19. The van der Waals surface area contributed by atoms with Crippen molar-refractivity contribution in [1.82, 2.24) is 5.32 Å². The molecule has 3 unspecified atom stereocenters. The number of carbonyl (C=O) groups excluding carboxylic acids is 1. The minimum Gasteiger partial charge on any atom is -0.387 e. The van der Waals surface area contributed by atoms with E-state index in [-0.39, 0.29) is 6.42 Å². The summed E-state index contributed by atoms with van der Waals surface area (Å²) < 4.78 is 32.7. The summed E-state index contributed by atoms with van der Waals surface area (Å²) in [5.41, 5.74) is 0. The Morgan fingerprint density at radius 3 is 1.14 bits per heavy atom. The predicted octanol–water partition coefficient (Wildman–Crippen LogP) is 14.2. The molecule has 0 spiro atoms. The van der Waals surface area contributed by atoms with E-state index in [1.165, 1.54) is 186 Å². The second-order valence-electron chi connectivity index (χ2n) is 17.2. The van der Waals surface area contributed by atoms with Crippen molar-refractivity contribution >= 4 is 16.0 Å². The van der Waals surface area contributed by atoms with Crippen LogP contribution in [0.2, 0.25) is 0 Å². The van der Waals surface area contributed by atoms with Crippen molar-refractivity contribution in [2.75, 3.05) is 5.75 Å². The Hall–Kier alpha value is -1.48. The van der Waals surface area contributed by atoms with Gasteiger partial charge in [-0.25, -0.2) is 0 Å². The number of aliphatic hydroxyl groups is 2. The van der Waals surface area contributed by atoms with Crippen molar-refractivity contribution in [3.8, 4) is 0 Å². The van der Waals surface area contributed by atoms with Crippen LogP contribution in [0.25, 0.3) is 0 Å². The van der Waals surface area contributed by atoms with Crippen molar-refractivity contribution in [3.05, 3.63) is 36.5 Å². The second kappa shape index (κ2) is 43.6. The first-order chi connectivity index (χ1) is 28.2. The van der Waals surface area contributed by atoms with Gasteiger partial charge in [0.1, 0.15) is 6.10 Å². The lowest BCUT2D eigenvalue weighted by Gasteiger charge is -2.22. The molecule has 8 heteroatoms. The van der Waals surface area contributed by atoms with E-state index in [9.17, 15) is 28.0 Å². The Morgan fingerprint density at radius 1 is 0.466 bits per heavy atom. The van der Waals surface area contributed by atoms with E-state index in [4.69, 9.17) is 0 Å². The summed E-state index contributed by atoms with van der Waals surface area (Å²) in [7, 11) is -4.46. The first kappa shape index (κ1) is 56.5. The molecule has 0 aliphatic carbocycles. The molecule has 7 nitrogen and oxygen atoms in total. The maximum absolute atomic E-state index is 12.7. The zero-order valence-corrected chi connectivity index (χ0v) is 38.9. The number of hydrogen-bond donors (Lipinski definition) is 4. The summed E-state index contributed by atoms with van der Waals surface area (Å²) in [5.74, 6) is -1.56. The fourth-order valence-corrected chi connectivity index (χ4v) is 8.32. The van der Waals surface area contributed by atoms with Crippen LogP contribution in [0.3, 0.4) is 0 Å². The Labute approximate surface area is 359 Å². The van der Waals surface area contributed by atoms with Crippen molar-refractivity contribution in [1.29, 1.82) is 0 Å². The average molecular weight is 838 g/mol. The van der Waals surface area contributed by atoms with Gasteiger partial charge in [-0.05, 0) is 57.8 Å². The molecular formula is C50H95NO6S. The number of allylic oxidation sites excluding steroid dienone is 5. The van der Waals surface area contributed by atoms with E-state index in [0.717, 1.165) is 38.5 Å². The van der Waals surface area contributed by atoms with Gasteiger partial charge < -0.3 is 15.5 Å². The van der Waals surface area contributed by atoms with Crippen LogP contribution in [0, 0.1) is 0 Å². The molecule has 0 saturated heterocycles. The molecule has 4 N–H and O–H groups in total. The van der Waals surface area contributed by atoms with Gasteiger partial charge in [0, 0.05) is 0 Å². The van der Waals surface area contributed by atoms with Gasteiger partial charge in [-0.2, -0.15) is 8.42 Å². The molecule has 0 aromatic rings. The summed E-state index contributed by atoms with van der Waals surface area (Å²) >= 11 is 0. The lowest BCUT2D eigenvalue weighted by molar-refractivity contribution is -0.130. The molecule has 58 heavy (non-hydrogen) atoms. The molecule has 1 amide bonds. The minimum atomic E-state index is -4.46. The largest absolute Gasteiger partial charge is 0.387 e. The molecule has 3 atom stereocenters. The van der Waals surface area contributed by atoms with Crippen molar-refractivity contribution in [3.63, 3.8) is 0 Å². The fourth-order valence-electron chi connectivity index (χ4n) is 7.59. The van der Waals surface area contributed by atoms with Gasteiger partial charge >= 0.3 is 0 Å². The molecule has 0 heterocycles. The normalized spacial score (nSPS) is 13.9. The monoisotopic (exact) mass is 838 g/mol. The summed E-state index contributed by atoms with van der Waals surface area (Å²) in [6.45, 7) is 4.54. The van der Waals surface area contributed by atoms with Crippen LogP contribution in [-0.2, 0) is 14.9 Å². The molecule has 0 aromatic carbocycles. The highest BCUT2D eigenvalue weighted by Crippen LogP contribution is 2.16. The summed E-state index contributed by atoms with van der Waals surface area (Å²) in [6.07, 6.45) is 55.0. The highest BCUT2D eigenvalue weighted by atomic mass is 32.2. The van der Waals surface area contributed by atoms with Crippen molar-refractivity contribution in [2.45, 2.75) is 270 Å². The lowest BCUT2D eigenvalue weighted by Crippen LogP contribution is -2.50. The number of aliphatic hydroxyl groups excluding tert-OH is 2. The van der Waals surface area contributed by atoms with Gasteiger partial charge in [0.05, 0.1) is 17.9 Å². The molecule has 0 aliphatic rings. The quantitative estimate of drug-likeness (QED) is 0.0275. The zero-order chi connectivity index (χ0) is 42.6. The molecule has 0 fully saturated rings. The minimum absolute atomic E-state index is 0.268. The third-order valence-electron chi connectivity index (χ3n) is 11.4. The second-order valence-corrected chi connectivity index (χ2v) is 18.7. The van der Waals surface area contributed by atoms with Crippen LogP contribution < -0.4 is 5.32 Å². The maximum atomic E-state index is 12.7. The number of amides is 1. The Balaban J connectivity index is 3.96. The SMILES string of the molecule is CCCCCCCCCCCCCC/C=C\CCCCCCCCC(O)C(=O)NC(CS(=O)(=O)O)C(O)/C=C/CC/C=C/CCCCCCCCCCCCCCC. The van der Waals surface area contributed by atoms with Gasteiger partial charge in [-0.3, -0.25) is 9.35 Å². The number of carbonyl (C=O) groups is 1. The molecule has 0 aromatic heterocycles. The predicted molar refractivity (Wildman–Crippen MR) is 250 cm³/mol. The fraction of sp³-hybridized carbons (Fsp3) is 0.860. The molecule has 0 rings (SSSR count). The van der Waals surface area contributed by atoms with Gasteiger partial charge in [0.25, 0.3) is 10.1 Å². The number of unbranched alkanes of at least 4 members (excludes halogenated alkanes) is 32. The topological polar surface area (TPSA) is 124 Å². The van der Waals surface area contributed by atoms with Crippen LogP contribution >= 0.6 is 0 Å². The van der Waals surface area contributed by atoms with E-state index in [1.54, 1.807) is 6.08 Å². The van der Waals surface area contributed by atoms with Gasteiger partial charge in [-0.15, -0.1) is 0 Å². The van der Waals surface area contributed by atoms with E-state index in [0.29, 0.717) is 12.8 Å². The molecule has 342 valence electrons. The van der Waals surface area contributed by atoms with Crippen LogP contribution in [0.4, 0.5) is 0 Å². The van der Waals surface area contributed by atoms with Crippen molar-refractivity contribution in [2.24, 2.45) is 0 Å². The molecule has 0 saturated carbocycles. The Kier molecular flexibility index (Phi) is 42.5. The summed E-state index contributed by atoms with van der Waals surface area (Å²) in [6, 6.07) is -1.25. The summed E-state index contributed by atoms with van der Waals surface area (Å²) in [5, 5.41) is 23.5. The van der Waals surface area contributed by atoms with Gasteiger partial charge in [0.2, 0.25) is 5.91 Å². The standard InChI is InChI=1S/C50H95NO6S/c1-3-5-7-9-11-13-15-17-19-21-23-24-25-27-29-31-33-35-37-39-41-43-45-49(53)50(54)51-47(46-58(55,56)57)48(52)44-42-40-38-36-34-32-30-28-26-22-20-18-16-14-12-10-8-6-4-2/h27,29,34,36,42,44,47-49,52-53H,3-26,28,30-33,35,37-41,43,45-46H2,1-2H3,(H,51,54)(H,55,56,57)/b29-27-,36-34+,44-42+. The Morgan fingerprint density at radius 2 is 0.776 bits per heavy atom. The third-order valence-corrected chi connectivity index (χ3v) is 12.2. The van der Waals surface area contributed by atoms with E-state index in [1.807, 2.05) is 0 Å². The Bertz CT molecular complexity index is 1070. The smallest absolute Gasteiger partial charge is 0.267 e. The number of nitrogens with one attached hydrogen (secondary N) is 1. The first-order valence-corrected chi connectivity index (χ1v) is 26.4. The summed E-state index contributed by atoms with van der Waals surface area (Å²) in [4.78, 5) is 12.7. The highest BCUT2D eigenvalue weighted by Gasteiger charge is 2.27. The molecule has 0 bridgehead atoms. The van der Waals surface area contributed by atoms with Crippen LogP contribution in [0.1, 0.15) is 251 Å². The third kappa shape index (κ3) is 42.6.